The maximum Gasteiger partial charge on any atom is 0.425 e. The molecule has 1 atom stereocenters. The number of halogens is 3. The molecule has 154 valence electrons. The molecule has 1 aromatic heterocycles. The summed E-state index contributed by atoms with van der Waals surface area (Å²) in [4.78, 5) is 24.0. The van der Waals surface area contributed by atoms with Crippen molar-refractivity contribution in [3.05, 3.63) is 35.1 Å². The number of ether oxygens (including phenoxy) is 2. The summed E-state index contributed by atoms with van der Waals surface area (Å²) >= 11 is 0. The molecule has 0 aliphatic carbocycles. The van der Waals surface area contributed by atoms with E-state index in [0.717, 1.165) is 6.92 Å². The minimum absolute atomic E-state index is 0.0178. The third-order valence-electron chi connectivity index (χ3n) is 3.58. The van der Waals surface area contributed by atoms with Crippen molar-refractivity contribution >= 4 is 23.0 Å². The lowest BCUT2D eigenvalue weighted by molar-refractivity contribution is -0.198. The zero-order valence-electron chi connectivity index (χ0n) is 16.2. The zero-order valence-corrected chi connectivity index (χ0v) is 16.2. The van der Waals surface area contributed by atoms with Gasteiger partial charge in [0.05, 0.1) is 6.54 Å². The SMILES string of the molecule is Cc1cc(C(=O)OC(C)C(F)(F)F)c2oc(CNC(=O)OC(C)(C)C)cc2c1. The highest BCUT2D eigenvalue weighted by molar-refractivity contribution is 6.02. The van der Waals surface area contributed by atoms with Crippen LogP contribution < -0.4 is 5.32 Å². The Morgan fingerprint density at radius 2 is 1.82 bits per heavy atom. The van der Waals surface area contributed by atoms with Crippen molar-refractivity contribution in [1.29, 1.82) is 0 Å². The van der Waals surface area contributed by atoms with E-state index in [1.165, 1.54) is 6.07 Å². The van der Waals surface area contributed by atoms with Gasteiger partial charge < -0.3 is 19.2 Å². The number of furan rings is 1. The number of rotatable bonds is 4. The van der Waals surface area contributed by atoms with Gasteiger partial charge in [-0.25, -0.2) is 9.59 Å². The van der Waals surface area contributed by atoms with Crippen LogP contribution in [0.4, 0.5) is 18.0 Å². The summed E-state index contributed by atoms with van der Waals surface area (Å²) < 4.78 is 53.2. The van der Waals surface area contributed by atoms with Gasteiger partial charge in [0, 0.05) is 5.39 Å². The van der Waals surface area contributed by atoms with Crippen molar-refractivity contribution in [3.63, 3.8) is 0 Å². The predicted octanol–water partition coefficient (Wildman–Crippen LogP) is 4.87. The number of alkyl carbamates (subject to hydrolysis) is 1. The summed E-state index contributed by atoms with van der Waals surface area (Å²) in [6, 6.07) is 4.69. The first-order chi connectivity index (χ1) is 12.8. The quantitative estimate of drug-likeness (QED) is 0.740. The standard InChI is InChI=1S/C19H22F3NO5/c1-10-6-12-8-13(9-23-17(25)28-18(3,4)5)27-15(12)14(7-10)16(24)26-11(2)19(20,21)22/h6-8,11H,9H2,1-5H3,(H,23,25). The second-order valence-corrected chi connectivity index (χ2v) is 7.39. The fourth-order valence-electron chi connectivity index (χ4n) is 2.36. The molecule has 1 N–H and O–H groups in total. The Labute approximate surface area is 160 Å². The van der Waals surface area contributed by atoms with Crippen molar-refractivity contribution in [2.45, 2.75) is 59.0 Å². The number of nitrogens with one attached hydrogen (secondary N) is 1. The van der Waals surface area contributed by atoms with Gasteiger partial charge in [-0.3, -0.25) is 0 Å². The van der Waals surface area contributed by atoms with Crippen LogP contribution in [0.15, 0.2) is 22.6 Å². The average Bonchev–Trinajstić information content (AvgIpc) is 2.92. The molecule has 6 nitrogen and oxygen atoms in total. The van der Waals surface area contributed by atoms with Gasteiger partial charge in [-0.1, -0.05) is 0 Å². The average molecular weight is 401 g/mol. The van der Waals surface area contributed by atoms with Gasteiger partial charge in [-0.05, 0) is 58.4 Å². The highest BCUT2D eigenvalue weighted by atomic mass is 19.4. The molecule has 1 unspecified atom stereocenters. The number of esters is 1. The van der Waals surface area contributed by atoms with Gasteiger partial charge in [0.2, 0.25) is 0 Å². The first-order valence-corrected chi connectivity index (χ1v) is 8.54. The van der Waals surface area contributed by atoms with Crippen molar-refractivity contribution in [3.8, 4) is 0 Å². The van der Waals surface area contributed by atoms with Crippen LogP contribution in [0.1, 0.15) is 49.4 Å². The van der Waals surface area contributed by atoms with Crippen LogP contribution in [-0.4, -0.2) is 29.9 Å². The zero-order chi connectivity index (χ0) is 21.3. The van der Waals surface area contributed by atoms with Crippen molar-refractivity contribution in [1.82, 2.24) is 5.32 Å². The summed E-state index contributed by atoms with van der Waals surface area (Å²) in [7, 11) is 0. The van der Waals surface area contributed by atoms with E-state index in [4.69, 9.17) is 9.15 Å². The Kier molecular flexibility index (Phi) is 5.96. The van der Waals surface area contributed by atoms with Gasteiger partial charge in [0.25, 0.3) is 0 Å². The Hall–Kier alpha value is -2.71. The lowest BCUT2D eigenvalue weighted by Crippen LogP contribution is -2.32. The third kappa shape index (κ3) is 5.64. The molecule has 0 fully saturated rings. The van der Waals surface area contributed by atoms with Crippen molar-refractivity contribution in [2.75, 3.05) is 0 Å². The number of hydrogen-bond donors (Lipinski definition) is 1. The number of carbonyl (C=O) groups is 2. The molecular formula is C19H22F3NO5. The van der Waals surface area contributed by atoms with Crippen LogP contribution in [0.3, 0.4) is 0 Å². The molecule has 0 spiro atoms. The number of carbonyl (C=O) groups excluding carboxylic acids is 2. The van der Waals surface area contributed by atoms with Gasteiger partial charge in [-0.15, -0.1) is 0 Å². The molecule has 1 heterocycles. The molecule has 0 saturated carbocycles. The molecule has 0 radical (unpaired) electrons. The number of aryl methyl sites for hydroxylation is 1. The molecule has 0 aliphatic heterocycles. The third-order valence-corrected chi connectivity index (χ3v) is 3.58. The topological polar surface area (TPSA) is 77.8 Å². The van der Waals surface area contributed by atoms with Crippen LogP contribution in [0.25, 0.3) is 11.0 Å². The lowest BCUT2D eigenvalue weighted by Gasteiger charge is -2.19. The Morgan fingerprint density at radius 1 is 1.18 bits per heavy atom. The van der Waals surface area contributed by atoms with E-state index in [-0.39, 0.29) is 17.7 Å². The van der Waals surface area contributed by atoms with E-state index in [9.17, 15) is 22.8 Å². The maximum absolute atomic E-state index is 12.7. The van der Waals surface area contributed by atoms with Gasteiger partial charge in [-0.2, -0.15) is 13.2 Å². The number of amides is 1. The lowest BCUT2D eigenvalue weighted by atomic mass is 10.1. The van der Waals surface area contributed by atoms with Gasteiger partial charge in [0.15, 0.2) is 6.10 Å². The van der Waals surface area contributed by atoms with E-state index in [0.29, 0.717) is 16.7 Å². The molecule has 0 aliphatic rings. The molecule has 2 rings (SSSR count). The summed E-state index contributed by atoms with van der Waals surface area (Å²) in [5, 5.41) is 3.02. The number of hydrogen-bond acceptors (Lipinski definition) is 5. The molecule has 1 aromatic carbocycles. The number of benzene rings is 1. The predicted molar refractivity (Wildman–Crippen MR) is 95.0 cm³/mol. The second kappa shape index (κ2) is 7.73. The van der Waals surface area contributed by atoms with E-state index >= 15 is 0 Å². The van der Waals surface area contributed by atoms with E-state index in [2.05, 4.69) is 10.1 Å². The minimum Gasteiger partial charge on any atom is -0.458 e. The van der Waals surface area contributed by atoms with E-state index in [1.54, 1.807) is 39.8 Å². The molecule has 28 heavy (non-hydrogen) atoms. The van der Waals surface area contributed by atoms with Crippen LogP contribution in [-0.2, 0) is 16.0 Å². The van der Waals surface area contributed by atoms with Crippen LogP contribution in [0.2, 0.25) is 0 Å². The highest BCUT2D eigenvalue weighted by Crippen LogP contribution is 2.28. The fourth-order valence-corrected chi connectivity index (χ4v) is 2.36. The summed E-state index contributed by atoms with van der Waals surface area (Å²) in [5.41, 5.74) is -0.0478. The molecule has 9 heteroatoms. The van der Waals surface area contributed by atoms with Crippen molar-refractivity contribution < 1.29 is 36.7 Å². The summed E-state index contributed by atoms with van der Waals surface area (Å²) in [6.07, 6.45) is -7.56. The van der Waals surface area contributed by atoms with Crippen LogP contribution in [0, 0.1) is 6.92 Å². The minimum atomic E-state index is -4.66. The molecule has 2 aromatic rings. The van der Waals surface area contributed by atoms with Crippen molar-refractivity contribution in [2.24, 2.45) is 0 Å². The largest absolute Gasteiger partial charge is 0.458 e. The maximum atomic E-state index is 12.7. The molecular weight excluding hydrogens is 379 g/mol. The Bertz CT molecular complexity index is 880. The molecule has 0 saturated heterocycles. The Balaban J connectivity index is 2.22. The monoisotopic (exact) mass is 401 g/mol. The number of alkyl halides is 3. The van der Waals surface area contributed by atoms with Gasteiger partial charge >= 0.3 is 18.2 Å². The smallest absolute Gasteiger partial charge is 0.425 e. The Morgan fingerprint density at radius 3 is 2.39 bits per heavy atom. The molecule has 1 amide bonds. The van der Waals surface area contributed by atoms with Gasteiger partial charge in [0.1, 0.15) is 22.5 Å². The highest BCUT2D eigenvalue weighted by Gasteiger charge is 2.39. The van der Waals surface area contributed by atoms with E-state index < -0.39 is 29.9 Å². The summed E-state index contributed by atoms with van der Waals surface area (Å²) in [5.74, 6) is -0.830. The van der Waals surface area contributed by atoms with E-state index in [1.807, 2.05) is 0 Å². The first-order valence-electron chi connectivity index (χ1n) is 8.54. The first kappa shape index (κ1) is 21.6. The van der Waals surface area contributed by atoms with Crippen LogP contribution >= 0.6 is 0 Å². The normalized spacial score (nSPS) is 13.3. The second-order valence-electron chi connectivity index (χ2n) is 7.39. The molecule has 0 bridgehead atoms. The number of fused-ring (bicyclic) bond motifs is 1. The summed E-state index contributed by atoms with van der Waals surface area (Å²) in [6.45, 7) is 7.58. The van der Waals surface area contributed by atoms with Crippen LogP contribution in [0.5, 0.6) is 0 Å². The fraction of sp³-hybridized carbons (Fsp3) is 0.474.